The van der Waals surface area contributed by atoms with Crippen LogP contribution in [0.4, 0.5) is 0 Å². The zero-order chi connectivity index (χ0) is 22.8. The van der Waals surface area contributed by atoms with E-state index < -0.39 is 0 Å². The molecule has 7 heteroatoms. The van der Waals surface area contributed by atoms with Gasteiger partial charge >= 0.3 is 0 Å². The number of aromatic amines is 1. The van der Waals surface area contributed by atoms with Crippen LogP contribution in [-0.2, 0) is 11.3 Å². The molecule has 1 aliphatic rings. The number of aliphatic hydroxyl groups is 1. The normalized spacial score (nSPS) is 17.0. The fourth-order valence-corrected chi connectivity index (χ4v) is 4.48. The molecule has 7 nitrogen and oxygen atoms in total. The molecule has 0 aliphatic carbocycles. The van der Waals surface area contributed by atoms with Crippen molar-refractivity contribution in [3.8, 4) is 0 Å². The summed E-state index contributed by atoms with van der Waals surface area (Å²) in [5, 5.41) is 11.3. The van der Waals surface area contributed by atoms with Gasteiger partial charge in [0, 0.05) is 50.3 Å². The SMILES string of the molecule is CN(CCO)C(=O)c1cc([C@H]2CN(Cc3ccc4[nH]ccc4c3)CCO2)nc2ccccc12. The van der Waals surface area contributed by atoms with Crippen LogP contribution in [0.2, 0.25) is 0 Å². The summed E-state index contributed by atoms with van der Waals surface area (Å²) in [5.41, 5.74) is 4.53. The summed E-state index contributed by atoms with van der Waals surface area (Å²) in [6.45, 7) is 3.20. The van der Waals surface area contributed by atoms with Gasteiger partial charge in [0.1, 0.15) is 6.10 Å². The third kappa shape index (κ3) is 4.48. The van der Waals surface area contributed by atoms with Crippen LogP contribution in [0.5, 0.6) is 0 Å². The molecule has 1 fully saturated rings. The molecule has 2 aromatic carbocycles. The summed E-state index contributed by atoms with van der Waals surface area (Å²) in [7, 11) is 1.70. The predicted octanol–water partition coefficient (Wildman–Crippen LogP) is 3.35. The number of ether oxygens (including phenoxy) is 1. The molecule has 1 aliphatic heterocycles. The Morgan fingerprint density at radius 2 is 2.12 bits per heavy atom. The van der Waals surface area contributed by atoms with Crippen LogP contribution in [0.15, 0.2) is 60.8 Å². The smallest absolute Gasteiger partial charge is 0.254 e. The summed E-state index contributed by atoms with van der Waals surface area (Å²) in [6.07, 6.45) is 1.75. The van der Waals surface area contributed by atoms with Gasteiger partial charge in [-0.1, -0.05) is 24.3 Å². The van der Waals surface area contributed by atoms with E-state index in [4.69, 9.17) is 9.72 Å². The maximum Gasteiger partial charge on any atom is 0.254 e. The van der Waals surface area contributed by atoms with Crippen molar-refractivity contribution in [3.05, 3.63) is 77.6 Å². The summed E-state index contributed by atoms with van der Waals surface area (Å²) in [5.74, 6) is -0.128. The molecular formula is C26H28N4O3. The highest BCUT2D eigenvalue weighted by Crippen LogP contribution is 2.27. The molecular weight excluding hydrogens is 416 g/mol. The number of fused-ring (bicyclic) bond motifs is 2. The van der Waals surface area contributed by atoms with Crippen LogP contribution < -0.4 is 0 Å². The topological polar surface area (TPSA) is 81.7 Å². The monoisotopic (exact) mass is 444 g/mol. The number of amides is 1. The lowest BCUT2D eigenvalue weighted by atomic mass is 10.0. The van der Waals surface area contributed by atoms with Crippen molar-refractivity contribution in [3.63, 3.8) is 0 Å². The first-order valence-electron chi connectivity index (χ1n) is 11.3. The molecule has 3 heterocycles. The number of morpholine rings is 1. The van der Waals surface area contributed by atoms with E-state index in [0.717, 1.165) is 35.2 Å². The van der Waals surface area contributed by atoms with Gasteiger partial charge in [-0.15, -0.1) is 0 Å². The minimum atomic E-state index is -0.214. The maximum atomic E-state index is 13.1. The van der Waals surface area contributed by atoms with Crippen LogP contribution in [0.3, 0.4) is 0 Å². The van der Waals surface area contributed by atoms with Crippen molar-refractivity contribution in [2.24, 2.45) is 0 Å². The van der Waals surface area contributed by atoms with Crippen LogP contribution in [0.1, 0.15) is 27.7 Å². The minimum absolute atomic E-state index is 0.0760. The van der Waals surface area contributed by atoms with E-state index in [9.17, 15) is 9.90 Å². The summed E-state index contributed by atoms with van der Waals surface area (Å²) in [4.78, 5) is 25.1. The number of hydrogen-bond donors (Lipinski definition) is 2. The Kier molecular flexibility index (Phi) is 6.09. The van der Waals surface area contributed by atoms with Gasteiger partial charge in [0.25, 0.3) is 5.91 Å². The lowest BCUT2D eigenvalue weighted by Gasteiger charge is -2.33. The highest BCUT2D eigenvalue weighted by molar-refractivity contribution is 6.06. The van der Waals surface area contributed by atoms with E-state index in [1.807, 2.05) is 36.5 Å². The number of carbonyl (C=O) groups excluding carboxylic acids is 1. The highest BCUT2D eigenvalue weighted by Gasteiger charge is 2.26. The van der Waals surface area contributed by atoms with Gasteiger partial charge in [0.05, 0.1) is 30.0 Å². The fraction of sp³-hybridized carbons (Fsp3) is 0.308. The van der Waals surface area contributed by atoms with Crippen molar-refractivity contribution >= 4 is 27.7 Å². The Morgan fingerprint density at radius 1 is 1.24 bits per heavy atom. The molecule has 2 N–H and O–H groups in total. The fourth-order valence-electron chi connectivity index (χ4n) is 4.48. The number of aliphatic hydroxyl groups excluding tert-OH is 1. The second kappa shape index (κ2) is 9.31. The number of aromatic nitrogens is 2. The van der Waals surface area contributed by atoms with Crippen molar-refractivity contribution in [1.29, 1.82) is 0 Å². The molecule has 1 saturated heterocycles. The van der Waals surface area contributed by atoms with Gasteiger partial charge in [-0.25, -0.2) is 4.98 Å². The van der Waals surface area contributed by atoms with E-state index in [2.05, 4.69) is 34.1 Å². The van der Waals surface area contributed by atoms with Crippen LogP contribution >= 0.6 is 0 Å². The number of benzene rings is 2. The van der Waals surface area contributed by atoms with Gasteiger partial charge in [0.2, 0.25) is 0 Å². The molecule has 1 atom stereocenters. The Morgan fingerprint density at radius 3 is 3.00 bits per heavy atom. The molecule has 4 aromatic rings. The van der Waals surface area contributed by atoms with Crippen LogP contribution in [0.25, 0.3) is 21.8 Å². The molecule has 0 unspecified atom stereocenters. The third-order valence-corrected chi connectivity index (χ3v) is 6.25. The number of likely N-dealkylation sites (N-methyl/N-ethyl adjacent to an activating group) is 1. The van der Waals surface area contributed by atoms with Gasteiger partial charge in [0.15, 0.2) is 0 Å². The van der Waals surface area contributed by atoms with Crippen molar-refractivity contribution < 1.29 is 14.6 Å². The summed E-state index contributed by atoms with van der Waals surface area (Å²) in [6, 6.07) is 18.1. The number of para-hydroxylation sites is 1. The van der Waals surface area contributed by atoms with E-state index in [1.165, 1.54) is 15.8 Å². The summed E-state index contributed by atoms with van der Waals surface area (Å²) < 4.78 is 6.11. The summed E-state index contributed by atoms with van der Waals surface area (Å²) >= 11 is 0. The maximum absolute atomic E-state index is 13.1. The highest BCUT2D eigenvalue weighted by atomic mass is 16.5. The Bertz CT molecular complexity index is 1290. The Balaban J connectivity index is 1.41. The Hall–Kier alpha value is -3.26. The number of pyridine rings is 1. The number of carbonyl (C=O) groups is 1. The molecule has 0 radical (unpaired) electrons. The average molecular weight is 445 g/mol. The average Bonchev–Trinajstić information content (AvgIpc) is 3.31. The number of rotatable bonds is 6. The standard InChI is InChI=1S/C26H28N4O3/c1-29(10-12-31)26(32)21-15-24(28-23-5-3-2-4-20(21)23)25-17-30(11-13-33-25)16-18-6-7-22-19(14-18)8-9-27-22/h2-9,14-15,25,27,31H,10-13,16-17H2,1H3/t25-/m1/s1. The third-order valence-electron chi connectivity index (χ3n) is 6.25. The molecule has 0 bridgehead atoms. The molecule has 170 valence electrons. The molecule has 5 rings (SSSR count). The first-order valence-corrected chi connectivity index (χ1v) is 11.3. The first kappa shape index (κ1) is 21.6. The molecule has 2 aromatic heterocycles. The Labute approximate surface area is 192 Å². The number of nitrogens with one attached hydrogen (secondary N) is 1. The zero-order valence-electron chi connectivity index (χ0n) is 18.7. The van der Waals surface area contributed by atoms with E-state index in [-0.39, 0.29) is 25.2 Å². The number of H-pyrrole nitrogens is 1. The number of hydrogen-bond acceptors (Lipinski definition) is 5. The van der Waals surface area contributed by atoms with Gasteiger partial charge in [-0.05, 0) is 41.3 Å². The zero-order valence-corrected chi connectivity index (χ0v) is 18.7. The number of nitrogens with zero attached hydrogens (tertiary/aromatic N) is 3. The van der Waals surface area contributed by atoms with Crippen molar-refractivity contribution in [2.75, 3.05) is 39.9 Å². The predicted molar refractivity (Wildman–Crippen MR) is 128 cm³/mol. The molecule has 33 heavy (non-hydrogen) atoms. The van der Waals surface area contributed by atoms with Gasteiger partial charge < -0.3 is 19.7 Å². The largest absolute Gasteiger partial charge is 0.395 e. The molecule has 0 saturated carbocycles. The minimum Gasteiger partial charge on any atom is -0.395 e. The van der Waals surface area contributed by atoms with Crippen LogP contribution in [0, 0.1) is 0 Å². The quantitative estimate of drug-likeness (QED) is 0.477. The van der Waals surface area contributed by atoms with Crippen LogP contribution in [-0.4, -0.2) is 70.7 Å². The second-order valence-corrected chi connectivity index (χ2v) is 8.56. The first-order chi connectivity index (χ1) is 16.1. The van der Waals surface area contributed by atoms with Gasteiger partial charge in [-0.3, -0.25) is 9.69 Å². The molecule has 0 spiro atoms. The van der Waals surface area contributed by atoms with E-state index in [1.54, 1.807) is 7.05 Å². The lowest BCUT2D eigenvalue weighted by Crippen LogP contribution is -2.38. The van der Waals surface area contributed by atoms with Crippen molar-refractivity contribution in [2.45, 2.75) is 12.6 Å². The lowest BCUT2D eigenvalue weighted by molar-refractivity contribution is -0.0348. The van der Waals surface area contributed by atoms with E-state index >= 15 is 0 Å². The van der Waals surface area contributed by atoms with Crippen molar-refractivity contribution in [1.82, 2.24) is 19.8 Å². The molecule has 1 amide bonds. The second-order valence-electron chi connectivity index (χ2n) is 8.56. The van der Waals surface area contributed by atoms with E-state index in [0.29, 0.717) is 18.7 Å². The van der Waals surface area contributed by atoms with Gasteiger partial charge in [-0.2, -0.15) is 0 Å².